The molecule has 0 unspecified atom stereocenters. The Hall–Kier alpha value is -4.05. The van der Waals surface area contributed by atoms with Crippen LogP contribution in [0, 0.1) is 5.82 Å². The second-order valence-electron chi connectivity index (χ2n) is 7.81. The van der Waals surface area contributed by atoms with Gasteiger partial charge in [-0.1, -0.05) is 35.3 Å². The standard InChI is InChI=1S/C26H15Cl2FN4O3S/c27-16-5-1-14(2-6-16)20-13-37-26(31-20)32-23(34)15-3-9-18(10-4-15)30-22-21(28)24(35)33(25(22)36)19-11-7-17(29)8-12-19/h1-13,30H,(H,31,32,34). The summed E-state index contributed by atoms with van der Waals surface area (Å²) in [5, 5.41) is 8.19. The lowest BCUT2D eigenvalue weighted by atomic mass is 10.2. The number of hydrogen-bond acceptors (Lipinski definition) is 6. The number of rotatable bonds is 6. The fourth-order valence-electron chi connectivity index (χ4n) is 3.54. The van der Waals surface area contributed by atoms with E-state index in [-0.39, 0.29) is 22.3 Å². The lowest BCUT2D eigenvalue weighted by Gasteiger charge is -2.15. The topological polar surface area (TPSA) is 91.4 Å². The molecule has 0 atom stereocenters. The van der Waals surface area contributed by atoms with Gasteiger partial charge in [0.15, 0.2) is 5.13 Å². The Balaban J connectivity index is 1.25. The molecule has 3 amide bonds. The SMILES string of the molecule is O=C(Nc1nc(-c2ccc(Cl)cc2)cs1)c1ccc(NC2=C(Cl)C(=O)N(c3ccc(F)cc3)C2=O)cc1. The first-order valence-electron chi connectivity index (χ1n) is 10.7. The molecule has 11 heteroatoms. The average Bonchev–Trinajstić information content (AvgIpc) is 3.44. The number of carbonyl (C=O) groups excluding carboxylic acids is 3. The van der Waals surface area contributed by atoms with Crippen LogP contribution in [-0.4, -0.2) is 22.7 Å². The zero-order valence-corrected chi connectivity index (χ0v) is 21.0. The molecule has 5 rings (SSSR count). The van der Waals surface area contributed by atoms with E-state index in [0.717, 1.165) is 22.6 Å². The third kappa shape index (κ3) is 5.10. The highest BCUT2D eigenvalue weighted by Gasteiger charge is 2.39. The number of halogens is 3. The molecule has 184 valence electrons. The zero-order valence-electron chi connectivity index (χ0n) is 18.7. The van der Waals surface area contributed by atoms with Crippen LogP contribution in [0.4, 0.5) is 20.9 Å². The van der Waals surface area contributed by atoms with E-state index >= 15 is 0 Å². The number of anilines is 3. The van der Waals surface area contributed by atoms with Crippen LogP contribution in [0.2, 0.25) is 5.02 Å². The first-order chi connectivity index (χ1) is 17.8. The van der Waals surface area contributed by atoms with Gasteiger partial charge >= 0.3 is 0 Å². The molecule has 0 saturated carbocycles. The van der Waals surface area contributed by atoms with Crippen molar-refractivity contribution in [2.24, 2.45) is 0 Å². The molecule has 1 aromatic heterocycles. The van der Waals surface area contributed by atoms with Gasteiger partial charge in [-0.25, -0.2) is 14.3 Å². The quantitative estimate of drug-likeness (QED) is 0.274. The van der Waals surface area contributed by atoms with Gasteiger partial charge in [0.25, 0.3) is 17.7 Å². The maximum atomic E-state index is 13.2. The molecule has 1 aliphatic rings. The van der Waals surface area contributed by atoms with Crippen LogP contribution in [0.1, 0.15) is 10.4 Å². The molecule has 1 aliphatic heterocycles. The first kappa shape index (κ1) is 24.6. The molecule has 0 saturated heterocycles. The van der Waals surface area contributed by atoms with E-state index in [2.05, 4.69) is 15.6 Å². The van der Waals surface area contributed by atoms with Gasteiger partial charge in [-0.3, -0.25) is 19.7 Å². The van der Waals surface area contributed by atoms with E-state index in [0.29, 0.717) is 27.1 Å². The minimum absolute atomic E-state index is 0.120. The highest BCUT2D eigenvalue weighted by Crippen LogP contribution is 2.30. The number of aromatic nitrogens is 1. The van der Waals surface area contributed by atoms with Crippen molar-refractivity contribution in [3.05, 3.63) is 105 Å². The summed E-state index contributed by atoms with van der Waals surface area (Å²) in [4.78, 5) is 43.4. The van der Waals surface area contributed by atoms with Gasteiger partial charge in [-0.05, 0) is 60.7 Å². The van der Waals surface area contributed by atoms with E-state index in [1.807, 2.05) is 17.5 Å². The number of amides is 3. The molecule has 0 bridgehead atoms. The number of nitrogens with one attached hydrogen (secondary N) is 2. The van der Waals surface area contributed by atoms with Crippen LogP contribution in [-0.2, 0) is 9.59 Å². The molecular formula is C26H15Cl2FN4O3S. The number of benzene rings is 3. The van der Waals surface area contributed by atoms with Crippen molar-refractivity contribution in [3.63, 3.8) is 0 Å². The van der Waals surface area contributed by atoms with Crippen molar-refractivity contribution in [2.75, 3.05) is 15.5 Å². The number of hydrogen-bond donors (Lipinski definition) is 2. The van der Waals surface area contributed by atoms with Crippen LogP contribution in [0.3, 0.4) is 0 Å². The average molecular weight is 553 g/mol. The van der Waals surface area contributed by atoms with Crippen LogP contribution in [0.15, 0.2) is 88.9 Å². The van der Waals surface area contributed by atoms with E-state index in [9.17, 15) is 18.8 Å². The fraction of sp³-hybridized carbons (Fsp3) is 0. The van der Waals surface area contributed by atoms with Crippen molar-refractivity contribution in [3.8, 4) is 11.3 Å². The molecule has 7 nitrogen and oxygen atoms in total. The number of thiazole rings is 1. The van der Waals surface area contributed by atoms with Gasteiger partial charge < -0.3 is 5.32 Å². The fourth-order valence-corrected chi connectivity index (χ4v) is 4.59. The van der Waals surface area contributed by atoms with Crippen molar-refractivity contribution in [1.82, 2.24) is 4.98 Å². The Labute approximate surface area is 224 Å². The molecule has 2 heterocycles. The normalized spacial score (nSPS) is 13.3. The summed E-state index contributed by atoms with van der Waals surface area (Å²) in [5.74, 6) is -2.27. The van der Waals surface area contributed by atoms with E-state index in [4.69, 9.17) is 23.2 Å². The highest BCUT2D eigenvalue weighted by atomic mass is 35.5. The Morgan fingerprint density at radius 1 is 0.892 bits per heavy atom. The van der Waals surface area contributed by atoms with Crippen molar-refractivity contribution in [1.29, 1.82) is 0 Å². The summed E-state index contributed by atoms with van der Waals surface area (Å²) in [7, 11) is 0. The minimum atomic E-state index is -0.724. The van der Waals surface area contributed by atoms with E-state index in [1.165, 1.54) is 23.5 Å². The summed E-state index contributed by atoms with van der Waals surface area (Å²) in [6.07, 6.45) is 0. The lowest BCUT2D eigenvalue weighted by Crippen LogP contribution is -2.32. The maximum absolute atomic E-state index is 13.2. The lowest BCUT2D eigenvalue weighted by molar-refractivity contribution is -0.120. The van der Waals surface area contributed by atoms with Gasteiger partial charge in [0.05, 0.1) is 11.4 Å². The van der Waals surface area contributed by atoms with Gasteiger partial charge in [0.2, 0.25) is 0 Å². The molecule has 37 heavy (non-hydrogen) atoms. The molecule has 0 aliphatic carbocycles. The predicted molar refractivity (Wildman–Crippen MR) is 142 cm³/mol. The largest absolute Gasteiger partial charge is 0.350 e. The van der Waals surface area contributed by atoms with Crippen molar-refractivity contribution >= 4 is 68.8 Å². The molecule has 0 radical (unpaired) electrons. The Kier molecular flexibility index (Phi) is 6.75. The third-order valence-corrected chi connectivity index (χ3v) is 6.75. The van der Waals surface area contributed by atoms with Crippen molar-refractivity contribution in [2.45, 2.75) is 0 Å². The highest BCUT2D eigenvalue weighted by molar-refractivity contribution is 7.14. The number of imide groups is 1. The van der Waals surface area contributed by atoms with Crippen LogP contribution >= 0.6 is 34.5 Å². The Bertz CT molecular complexity index is 1550. The molecule has 2 N–H and O–H groups in total. The molecule has 4 aromatic rings. The van der Waals surface area contributed by atoms with Crippen molar-refractivity contribution < 1.29 is 18.8 Å². The molecular weight excluding hydrogens is 538 g/mol. The van der Waals surface area contributed by atoms with Gasteiger partial charge in [-0.2, -0.15) is 0 Å². The summed E-state index contributed by atoms with van der Waals surface area (Å²) >= 11 is 13.3. The zero-order chi connectivity index (χ0) is 26.1. The second kappa shape index (κ2) is 10.1. The molecule has 0 spiro atoms. The predicted octanol–water partition coefficient (Wildman–Crippen LogP) is 6.29. The summed E-state index contributed by atoms with van der Waals surface area (Å²) in [6.45, 7) is 0. The molecule has 0 fully saturated rings. The van der Waals surface area contributed by atoms with E-state index in [1.54, 1.807) is 36.4 Å². The van der Waals surface area contributed by atoms with Crippen LogP contribution in [0.5, 0.6) is 0 Å². The van der Waals surface area contributed by atoms with Gasteiger partial charge in [-0.15, -0.1) is 11.3 Å². The smallest absolute Gasteiger partial charge is 0.283 e. The Morgan fingerprint density at radius 3 is 2.24 bits per heavy atom. The molecule has 3 aromatic carbocycles. The van der Waals surface area contributed by atoms with E-state index < -0.39 is 17.6 Å². The maximum Gasteiger partial charge on any atom is 0.283 e. The van der Waals surface area contributed by atoms with Gasteiger partial charge in [0, 0.05) is 27.2 Å². The minimum Gasteiger partial charge on any atom is -0.350 e. The summed E-state index contributed by atoms with van der Waals surface area (Å²) in [6, 6.07) is 18.4. The van der Waals surface area contributed by atoms with Crippen LogP contribution < -0.4 is 15.5 Å². The van der Waals surface area contributed by atoms with Crippen LogP contribution in [0.25, 0.3) is 11.3 Å². The number of carbonyl (C=O) groups is 3. The summed E-state index contributed by atoms with van der Waals surface area (Å²) < 4.78 is 13.2. The second-order valence-corrected chi connectivity index (χ2v) is 9.48. The monoisotopic (exact) mass is 552 g/mol. The first-order valence-corrected chi connectivity index (χ1v) is 12.4. The Morgan fingerprint density at radius 2 is 1.57 bits per heavy atom. The third-order valence-electron chi connectivity index (χ3n) is 5.39. The summed E-state index contributed by atoms with van der Waals surface area (Å²) in [5.41, 5.74) is 2.46. The van der Waals surface area contributed by atoms with Gasteiger partial charge in [0.1, 0.15) is 16.5 Å². The number of nitrogens with zero attached hydrogens (tertiary/aromatic N) is 2.